The van der Waals surface area contributed by atoms with Crippen molar-refractivity contribution in [2.75, 3.05) is 23.7 Å². The van der Waals surface area contributed by atoms with Crippen molar-refractivity contribution in [3.63, 3.8) is 0 Å². The normalized spacial score (nSPS) is 13.9. The molecule has 0 spiro atoms. The van der Waals surface area contributed by atoms with E-state index >= 15 is 0 Å². The molecule has 6 heteroatoms. The quantitative estimate of drug-likeness (QED) is 0.618. The van der Waals surface area contributed by atoms with Gasteiger partial charge >= 0.3 is 6.03 Å². The Labute approximate surface area is 111 Å². The van der Waals surface area contributed by atoms with E-state index in [0.717, 1.165) is 12.5 Å². The summed E-state index contributed by atoms with van der Waals surface area (Å²) in [6, 6.07) is 6.22. The second-order valence-electron chi connectivity index (χ2n) is 4.69. The number of hydrogen-bond donors (Lipinski definition) is 4. The summed E-state index contributed by atoms with van der Waals surface area (Å²) in [5.41, 5.74) is 6.21. The summed E-state index contributed by atoms with van der Waals surface area (Å²) in [6.07, 6.45) is 2.52. The van der Waals surface area contributed by atoms with Gasteiger partial charge in [0.05, 0.1) is 6.54 Å². The number of carbonyl (C=O) groups is 2. The Hall–Kier alpha value is -2.08. The number of urea groups is 1. The van der Waals surface area contributed by atoms with Gasteiger partial charge in [-0.2, -0.15) is 0 Å². The van der Waals surface area contributed by atoms with Gasteiger partial charge in [-0.3, -0.25) is 4.79 Å². The number of rotatable bonds is 6. The molecule has 3 amide bonds. The van der Waals surface area contributed by atoms with Crippen LogP contribution in [0.4, 0.5) is 16.2 Å². The van der Waals surface area contributed by atoms with Crippen molar-refractivity contribution < 1.29 is 9.59 Å². The number of primary amides is 1. The van der Waals surface area contributed by atoms with Crippen LogP contribution in [0.2, 0.25) is 0 Å². The predicted octanol–water partition coefficient (Wildman–Crippen LogP) is 1.12. The van der Waals surface area contributed by atoms with Crippen molar-refractivity contribution in [3.05, 3.63) is 24.3 Å². The Morgan fingerprint density at radius 2 is 1.89 bits per heavy atom. The highest BCUT2D eigenvalue weighted by Gasteiger charge is 2.20. The highest BCUT2D eigenvalue weighted by Crippen LogP contribution is 2.27. The first-order valence-corrected chi connectivity index (χ1v) is 6.30. The molecule has 0 unspecified atom stereocenters. The SMILES string of the molecule is NC(=O)Nc1cccc(NC(=O)CNCC2CC2)c1. The maximum absolute atomic E-state index is 11.7. The minimum Gasteiger partial charge on any atom is -0.351 e. The molecular weight excluding hydrogens is 244 g/mol. The first-order chi connectivity index (χ1) is 9.13. The molecule has 102 valence electrons. The van der Waals surface area contributed by atoms with Crippen LogP contribution in [0.25, 0.3) is 0 Å². The summed E-state index contributed by atoms with van der Waals surface area (Å²) >= 11 is 0. The number of nitrogens with two attached hydrogens (primary N) is 1. The lowest BCUT2D eigenvalue weighted by Crippen LogP contribution is -2.29. The van der Waals surface area contributed by atoms with Gasteiger partial charge in [-0.05, 0) is 43.5 Å². The Morgan fingerprint density at radius 1 is 1.21 bits per heavy atom. The fourth-order valence-corrected chi connectivity index (χ4v) is 1.73. The van der Waals surface area contributed by atoms with Crippen molar-refractivity contribution in [3.8, 4) is 0 Å². The maximum atomic E-state index is 11.7. The summed E-state index contributed by atoms with van der Waals surface area (Å²) in [5.74, 6) is 0.646. The third-order valence-electron chi connectivity index (χ3n) is 2.83. The lowest BCUT2D eigenvalue weighted by atomic mass is 10.2. The smallest absolute Gasteiger partial charge is 0.316 e. The molecule has 19 heavy (non-hydrogen) atoms. The fourth-order valence-electron chi connectivity index (χ4n) is 1.73. The van der Waals surface area contributed by atoms with E-state index in [1.165, 1.54) is 12.8 Å². The Bertz CT molecular complexity index is 471. The van der Waals surface area contributed by atoms with E-state index in [1.54, 1.807) is 24.3 Å². The van der Waals surface area contributed by atoms with Gasteiger partial charge in [0.2, 0.25) is 5.91 Å². The third kappa shape index (κ3) is 4.97. The summed E-state index contributed by atoms with van der Waals surface area (Å²) in [6.45, 7) is 1.20. The molecular formula is C13H18N4O2. The zero-order valence-corrected chi connectivity index (χ0v) is 10.6. The van der Waals surface area contributed by atoms with Gasteiger partial charge in [0.1, 0.15) is 0 Å². The van der Waals surface area contributed by atoms with Crippen molar-refractivity contribution in [1.29, 1.82) is 0 Å². The molecule has 1 aliphatic rings. The van der Waals surface area contributed by atoms with Gasteiger partial charge in [0.15, 0.2) is 0 Å². The first-order valence-electron chi connectivity index (χ1n) is 6.30. The first kappa shape index (κ1) is 13.4. The van der Waals surface area contributed by atoms with Crippen LogP contribution >= 0.6 is 0 Å². The van der Waals surface area contributed by atoms with Crippen molar-refractivity contribution in [1.82, 2.24) is 5.32 Å². The van der Waals surface area contributed by atoms with E-state index in [2.05, 4.69) is 16.0 Å². The molecule has 1 aliphatic carbocycles. The summed E-state index contributed by atoms with van der Waals surface area (Å²) in [4.78, 5) is 22.4. The topological polar surface area (TPSA) is 96.2 Å². The second kappa shape index (κ2) is 6.19. The van der Waals surface area contributed by atoms with E-state index in [-0.39, 0.29) is 5.91 Å². The van der Waals surface area contributed by atoms with Gasteiger partial charge in [-0.25, -0.2) is 4.79 Å². The lowest BCUT2D eigenvalue weighted by Gasteiger charge is -2.08. The number of amides is 3. The van der Waals surface area contributed by atoms with Gasteiger partial charge in [-0.15, -0.1) is 0 Å². The molecule has 0 heterocycles. The monoisotopic (exact) mass is 262 g/mol. The number of nitrogens with one attached hydrogen (secondary N) is 3. The number of hydrogen-bond acceptors (Lipinski definition) is 3. The van der Waals surface area contributed by atoms with Crippen molar-refractivity contribution in [2.45, 2.75) is 12.8 Å². The van der Waals surface area contributed by atoms with Crippen LogP contribution in [0.1, 0.15) is 12.8 Å². The van der Waals surface area contributed by atoms with Crippen LogP contribution < -0.4 is 21.7 Å². The molecule has 0 aliphatic heterocycles. The Balaban J connectivity index is 1.79. The second-order valence-corrected chi connectivity index (χ2v) is 4.69. The Morgan fingerprint density at radius 3 is 2.53 bits per heavy atom. The average molecular weight is 262 g/mol. The van der Waals surface area contributed by atoms with Crippen LogP contribution in [0.5, 0.6) is 0 Å². The standard InChI is InChI=1S/C13H18N4O2/c14-13(19)17-11-3-1-2-10(6-11)16-12(18)8-15-7-9-4-5-9/h1-3,6,9,15H,4-5,7-8H2,(H,16,18)(H3,14,17,19). The van der Waals surface area contributed by atoms with Crippen LogP contribution in [-0.4, -0.2) is 25.0 Å². The molecule has 0 aromatic heterocycles. The number of anilines is 2. The minimum absolute atomic E-state index is 0.100. The highest BCUT2D eigenvalue weighted by molar-refractivity contribution is 5.94. The van der Waals surface area contributed by atoms with Crippen LogP contribution in [0.3, 0.4) is 0 Å². The summed E-state index contributed by atoms with van der Waals surface area (Å²) < 4.78 is 0. The van der Waals surface area contributed by atoms with Gasteiger partial charge in [0, 0.05) is 11.4 Å². The lowest BCUT2D eigenvalue weighted by molar-refractivity contribution is -0.115. The molecule has 5 N–H and O–H groups in total. The minimum atomic E-state index is -0.630. The maximum Gasteiger partial charge on any atom is 0.316 e. The molecule has 0 saturated heterocycles. The van der Waals surface area contributed by atoms with Gasteiger partial charge < -0.3 is 21.7 Å². The fraction of sp³-hybridized carbons (Fsp3) is 0.385. The number of carbonyl (C=O) groups excluding carboxylic acids is 2. The van der Waals surface area contributed by atoms with Crippen molar-refractivity contribution >= 4 is 23.3 Å². The summed E-state index contributed by atoms with van der Waals surface area (Å²) in [7, 11) is 0. The van der Waals surface area contributed by atoms with E-state index in [1.807, 2.05) is 0 Å². The predicted molar refractivity (Wildman–Crippen MR) is 73.9 cm³/mol. The molecule has 1 aromatic carbocycles. The van der Waals surface area contributed by atoms with Crippen molar-refractivity contribution in [2.24, 2.45) is 11.7 Å². The molecule has 0 radical (unpaired) electrons. The molecule has 0 bridgehead atoms. The molecule has 1 fully saturated rings. The van der Waals surface area contributed by atoms with E-state index in [9.17, 15) is 9.59 Å². The third-order valence-corrected chi connectivity index (χ3v) is 2.83. The zero-order valence-electron chi connectivity index (χ0n) is 10.6. The molecule has 1 aromatic rings. The largest absolute Gasteiger partial charge is 0.351 e. The summed E-state index contributed by atoms with van der Waals surface area (Å²) in [5, 5.41) is 8.33. The molecule has 0 atom stereocenters. The number of benzene rings is 1. The molecule has 1 saturated carbocycles. The van der Waals surface area contributed by atoms with Crippen LogP contribution in [0.15, 0.2) is 24.3 Å². The Kier molecular flexibility index (Phi) is 4.35. The van der Waals surface area contributed by atoms with E-state index < -0.39 is 6.03 Å². The van der Waals surface area contributed by atoms with E-state index in [4.69, 9.17) is 5.73 Å². The van der Waals surface area contributed by atoms with Crippen LogP contribution in [-0.2, 0) is 4.79 Å². The van der Waals surface area contributed by atoms with Gasteiger partial charge in [0.25, 0.3) is 0 Å². The average Bonchev–Trinajstić information content (AvgIpc) is 3.12. The molecule has 2 rings (SSSR count). The highest BCUT2D eigenvalue weighted by atomic mass is 16.2. The zero-order chi connectivity index (χ0) is 13.7. The van der Waals surface area contributed by atoms with E-state index in [0.29, 0.717) is 17.9 Å². The van der Waals surface area contributed by atoms with Crippen LogP contribution in [0, 0.1) is 5.92 Å². The van der Waals surface area contributed by atoms with Gasteiger partial charge in [-0.1, -0.05) is 6.07 Å². The molecule has 6 nitrogen and oxygen atoms in total.